The van der Waals surface area contributed by atoms with Crippen molar-refractivity contribution in [2.75, 3.05) is 0 Å². The molecule has 2 aromatic heterocycles. The number of aromatic nitrogens is 2. The summed E-state index contributed by atoms with van der Waals surface area (Å²) in [5.41, 5.74) is 1.53. The Morgan fingerprint density at radius 2 is 2.00 bits per heavy atom. The van der Waals surface area contributed by atoms with E-state index in [1.54, 1.807) is 0 Å². The third-order valence-corrected chi connectivity index (χ3v) is 4.83. The number of carbonyl (C=O) groups is 1. The van der Waals surface area contributed by atoms with Gasteiger partial charge in [-0.15, -0.1) is 11.3 Å². The van der Waals surface area contributed by atoms with Crippen LogP contribution < -0.4 is 5.56 Å². The lowest BCUT2D eigenvalue weighted by Gasteiger charge is -2.10. The predicted molar refractivity (Wildman–Crippen MR) is 91.1 cm³/mol. The molecule has 0 radical (unpaired) electrons. The minimum atomic E-state index is -1.06. The van der Waals surface area contributed by atoms with Gasteiger partial charge in [0.05, 0.1) is 5.39 Å². The van der Waals surface area contributed by atoms with Crippen molar-refractivity contribution in [3.63, 3.8) is 0 Å². The number of carboxylic acids is 1. The first-order valence-corrected chi connectivity index (χ1v) is 8.13. The zero-order valence-corrected chi connectivity index (χ0v) is 13.7. The molecule has 6 heteroatoms. The maximum atomic E-state index is 12.7. The van der Waals surface area contributed by atoms with E-state index in [1.807, 2.05) is 44.2 Å². The standard InChI is InChI=1S/C17H16N2O3S/c1-3-12-8-13-16(23-12)18-15(11-6-4-10(2)5-7-11)19(17(13)22)9-14(20)21/h4-8H,3,9H2,1-2H3,(H,20,21). The molecule has 1 N–H and O–H groups in total. The van der Waals surface area contributed by atoms with E-state index in [0.717, 1.165) is 22.4 Å². The Hall–Kier alpha value is -2.47. The number of aryl methyl sites for hydroxylation is 2. The van der Waals surface area contributed by atoms with Crippen molar-refractivity contribution in [3.8, 4) is 11.4 Å². The highest BCUT2D eigenvalue weighted by Crippen LogP contribution is 2.25. The number of nitrogens with zero attached hydrogens (tertiary/aromatic N) is 2. The second-order valence-electron chi connectivity index (χ2n) is 5.37. The van der Waals surface area contributed by atoms with E-state index in [-0.39, 0.29) is 5.56 Å². The molecule has 23 heavy (non-hydrogen) atoms. The fourth-order valence-corrected chi connectivity index (χ4v) is 3.40. The highest BCUT2D eigenvalue weighted by Gasteiger charge is 2.16. The van der Waals surface area contributed by atoms with Gasteiger partial charge in [-0.25, -0.2) is 4.98 Å². The Kier molecular flexibility index (Phi) is 4.00. The van der Waals surface area contributed by atoms with Crippen LogP contribution in [0.25, 0.3) is 21.6 Å². The van der Waals surface area contributed by atoms with Crippen LogP contribution in [-0.2, 0) is 17.8 Å². The van der Waals surface area contributed by atoms with Gasteiger partial charge >= 0.3 is 5.97 Å². The molecule has 0 aliphatic carbocycles. The largest absolute Gasteiger partial charge is 0.480 e. The summed E-state index contributed by atoms with van der Waals surface area (Å²) < 4.78 is 1.24. The van der Waals surface area contributed by atoms with Crippen LogP contribution in [0, 0.1) is 6.92 Å². The first kappa shape index (κ1) is 15.4. The Balaban J connectivity index is 2.31. The van der Waals surface area contributed by atoms with Crippen molar-refractivity contribution in [2.24, 2.45) is 0 Å². The van der Waals surface area contributed by atoms with Gasteiger partial charge in [0.15, 0.2) is 0 Å². The molecule has 118 valence electrons. The van der Waals surface area contributed by atoms with Crippen LogP contribution in [-0.4, -0.2) is 20.6 Å². The lowest BCUT2D eigenvalue weighted by Crippen LogP contribution is -2.26. The quantitative estimate of drug-likeness (QED) is 0.799. The molecule has 2 heterocycles. The van der Waals surface area contributed by atoms with Crippen LogP contribution in [0.2, 0.25) is 0 Å². The summed E-state index contributed by atoms with van der Waals surface area (Å²) in [5, 5.41) is 9.64. The topological polar surface area (TPSA) is 72.2 Å². The molecule has 0 aliphatic heterocycles. The van der Waals surface area contributed by atoms with Gasteiger partial charge < -0.3 is 5.11 Å². The molecule has 3 rings (SSSR count). The molecule has 3 aromatic rings. The summed E-state index contributed by atoms with van der Waals surface area (Å²) in [6, 6.07) is 9.36. The summed E-state index contributed by atoms with van der Waals surface area (Å²) >= 11 is 1.48. The summed E-state index contributed by atoms with van der Waals surface area (Å²) in [5.74, 6) is -0.665. The summed E-state index contributed by atoms with van der Waals surface area (Å²) in [4.78, 5) is 30.2. The molecule has 0 aliphatic rings. The molecule has 0 unspecified atom stereocenters. The number of hydrogen-bond donors (Lipinski definition) is 1. The number of aliphatic carboxylic acids is 1. The van der Waals surface area contributed by atoms with Crippen LogP contribution in [0.1, 0.15) is 17.4 Å². The molecule has 0 saturated heterocycles. The van der Waals surface area contributed by atoms with E-state index in [1.165, 1.54) is 15.9 Å². The average molecular weight is 328 g/mol. The Morgan fingerprint density at radius 3 is 2.61 bits per heavy atom. The fraction of sp³-hybridized carbons (Fsp3) is 0.235. The van der Waals surface area contributed by atoms with Gasteiger partial charge in [-0.1, -0.05) is 36.8 Å². The first-order chi connectivity index (χ1) is 11.0. The maximum absolute atomic E-state index is 12.7. The van der Waals surface area contributed by atoms with Gasteiger partial charge in [0, 0.05) is 10.4 Å². The van der Waals surface area contributed by atoms with Crippen molar-refractivity contribution in [1.82, 2.24) is 9.55 Å². The minimum absolute atomic E-state index is 0.302. The van der Waals surface area contributed by atoms with Gasteiger partial charge in [-0.2, -0.15) is 0 Å². The third kappa shape index (κ3) is 2.90. The highest BCUT2D eigenvalue weighted by molar-refractivity contribution is 7.18. The number of fused-ring (bicyclic) bond motifs is 1. The first-order valence-electron chi connectivity index (χ1n) is 7.31. The van der Waals surface area contributed by atoms with E-state index in [0.29, 0.717) is 16.0 Å². The van der Waals surface area contributed by atoms with E-state index >= 15 is 0 Å². The second-order valence-corrected chi connectivity index (χ2v) is 6.49. The molecule has 0 amide bonds. The molecule has 0 saturated carbocycles. The van der Waals surface area contributed by atoms with Crippen LogP contribution >= 0.6 is 11.3 Å². The smallest absolute Gasteiger partial charge is 0.323 e. The number of benzene rings is 1. The number of carboxylic acid groups (broad SMARTS) is 1. The van der Waals surface area contributed by atoms with Crippen LogP contribution in [0.15, 0.2) is 35.1 Å². The van der Waals surface area contributed by atoms with Crippen LogP contribution in [0.5, 0.6) is 0 Å². The molecule has 0 atom stereocenters. The zero-order chi connectivity index (χ0) is 16.6. The van der Waals surface area contributed by atoms with Crippen molar-refractivity contribution in [3.05, 3.63) is 51.1 Å². The maximum Gasteiger partial charge on any atom is 0.323 e. The van der Waals surface area contributed by atoms with Gasteiger partial charge in [-0.3, -0.25) is 14.2 Å². The van der Waals surface area contributed by atoms with E-state index < -0.39 is 12.5 Å². The fourth-order valence-electron chi connectivity index (χ4n) is 2.44. The molecule has 5 nitrogen and oxygen atoms in total. The highest BCUT2D eigenvalue weighted by atomic mass is 32.1. The molecule has 1 aromatic carbocycles. The number of rotatable bonds is 4. The third-order valence-electron chi connectivity index (χ3n) is 3.65. The van der Waals surface area contributed by atoms with Gasteiger partial charge in [0.2, 0.25) is 0 Å². The van der Waals surface area contributed by atoms with E-state index in [2.05, 4.69) is 4.98 Å². The van der Waals surface area contributed by atoms with E-state index in [9.17, 15) is 9.59 Å². The second kappa shape index (κ2) is 5.96. The number of hydrogen-bond acceptors (Lipinski definition) is 4. The molecular formula is C17H16N2O3S. The van der Waals surface area contributed by atoms with Crippen molar-refractivity contribution in [2.45, 2.75) is 26.8 Å². The van der Waals surface area contributed by atoms with Crippen molar-refractivity contribution in [1.29, 1.82) is 0 Å². The molecule has 0 fully saturated rings. The van der Waals surface area contributed by atoms with E-state index in [4.69, 9.17) is 5.11 Å². The predicted octanol–water partition coefficient (Wildman–Crippen LogP) is 3.08. The normalized spacial score (nSPS) is 11.0. The Morgan fingerprint density at radius 1 is 1.30 bits per heavy atom. The van der Waals surface area contributed by atoms with Crippen molar-refractivity contribution < 1.29 is 9.90 Å². The summed E-state index contributed by atoms with van der Waals surface area (Å²) in [7, 11) is 0. The lowest BCUT2D eigenvalue weighted by molar-refractivity contribution is -0.137. The average Bonchev–Trinajstić information content (AvgIpc) is 2.94. The molecular weight excluding hydrogens is 312 g/mol. The zero-order valence-electron chi connectivity index (χ0n) is 12.9. The van der Waals surface area contributed by atoms with Crippen LogP contribution in [0.4, 0.5) is 0 Å². The van der Waals surface area contributed by atoms with Crippen molar-refractivity contribution >= 4 is 27.5 Å². The summed E-state index contributed by atoms with van der Waals surface area (Å²) in [6.45, 7) is 3.58. The lowest BCUT2D eigenvalue weighted by atomic mass is 10.1. The minimum Gasteiger partial charge on any atom is -0.480 e. The molecule has 0 bridgehead atoms. The monoisotopic (exact) mass is 328 g/mol. The van der Waals surface area contributed by atoms with Gasteiger partial charge in [0.1, 0.15) is 17.2 Å². The SMILES string of the molecule is CCc1cc2c(=O)n(CC(=O)O)c(-c3ccc(C)cc3)nc2s1. The summed E-state index contributed by atoms with van der Waals surface area (Å²) in [6.07, 6.45) is 0.819. The van der Waals surface area contributed by atoms with Gasteiger partial charge in [0.25, 0.3) is 5.56 Å². The Bertz CT molecular complexity index is 939. The molecule has 0 spiro atoms. The Labute approximate surface area is 136 Å². The van der Waals surface area contributed by atoms with Crippen LogP contribution in [0.3, 0.4) is 0 Å². The van der Waals surface area contributed by atoms with Gasteiger partial charge in [-0.05, 0) is 19.4 Å². The number of thiophene rings is 1.